The van der Waals surface area contributed by atoms with Crippen LogP contribution in [-0.4, -0.2) is 31.3 Å². The molecular weight excluding hydrogens is 230 g/mol. The molecule has 1 aliphatic heterocycles. The Kier molecular flexibility index (Phi) is 4.07. The van der Waals surface area contributed by atoms with Crippen molar-refractivity contribution in [3.8, 4) is 5.75 Å². The molecule has 0 fully saturated rings. The molecule has 4 nitrogen and oxygen atoms in total. The predicted molar refractivity (Wildman–Crippen MR) is 70.4 cm³/mol. The number of anilines is 1. The van der Waals surface area contributed by atoms with Crippen LogP contribution in [0.5, 0.6) is 5.75 Å². The van der Waals surface area contributed by atoms with E-state index in [2.05, 4.69) is 11.0 Å². The van der Waals surface area contributed by atoms with Crippen LogP contribution < -0.4 is 9.64 Å². The Labute approximate surface area is 107 Å². The molecule has 0 saturated heterocycles. The van der Waals surface area contributed by atoms with Crippen LogP contribution in [0, 0.1) is 0 Å². The van der Waals surface area contributed by atoms with Gasteiger partial charge < -0.3 is 14.7 Å². The number of ether oxygens (including phenoxy) is 1. The molecule has 0 amide bonds. The van der Waals surface area contributed by atoms with Gasteiger partial charge >= 0.3 is 5.97 Å². The van der Waals surface area contributed by atoms with Crippen molar-refractivity contribution in [2.75, 3.05) is 25.1 Å². The highest BCUT2D eigenvalue weighted by atomic mass is 16.5. The smallest absolute Gasteiger partial charge is 0.303 e. The standard InChI is InChI=1S/C14H19NO3/c1-18-12-7-2-5-11-6-3-9-15(14(11)12)10-4-8-13(16)17/h2,5,7H,3-4,6,8-10H2,1H3,(H,16,17). The quantitative estimate of drug-likeness (QED) is 0.870. The Balaban J connectivity index is 2.13. The second-order valence-corrected chi connectivity index (χ2v) is 4.56. The highest BCUT2D eigenvalue weighted by molar-refractivity contribution is 5.67. The molecule has 1 N–H and O–H groups in total. The molecule has 4 heteroatoms. The lowest BCUT2D eigenvalue weighted by Crippen LogP contribution is -2.31. The van der Waals surface area contributed by atoms with E-state index in [0.29, 0.717) is 6.42 Å². The molecule has 18 heavy (non-hydrogen) atoms. The lowest BCUT2D eigenvalue weighted by atomic mass is 10.0. The SMILES string of the molecule is COc1cccc2c1N(CCCC(=O)O)CCC2. The van der Waals surface area contributed by atoms with Crippen LogP contribution in [-0.2, 0) is 11.2 Å². The monoisotopic (exact) mass is 249 g/mol. The Morgan fingerprint density at radius 1 is 1.50 bits per heavy atom. The number of aliphatic carboxylic acids is 1. The zero-order valence-corrected chi connectivity index (χ0v) is 10.7. The van der Waals surface area contributed by atoms with Crippen LogP contribution >= 0.6 is 0 Å². The highest BCUT2D eigenvalue weighted by Gasteiger charge is 2.20. The maximum Gasteiger partial charge on any atom is 0.303 e. The van der Waals surface area contributed by atoms with Crippen LogP contribution in [0.3, 0.4) is 0 Å². The average Bonchev–Trinajstić information content (AvgIpc) is 2.37. The third-order valence-electron chi connectivity index (χ3n) is 3.31. The van der Waals surface area contributed by atoms with Crippen LogP contribution in [0.15, 0.2) is 18.2 Å². The Morgan fingerprint density at radius 2 is 2.33 bits per heavy atom. The minimum Gasteiger partial charge on any atom is -0.495 e. The van der Waals surface area contributed by atoms with E-state index in [-0.39, 0.29) is 6.42 Å². The highest BCUT2D eigenvalue weighted by Crippen LogP contribution is 2.36. The van der Waals surface area contributed by atoms with Gasteiger partial charge in [0.2, 0.25) is 0 Å². The summed E-state index contributed by atoms with van der Waals surface area (Å²) in [4.78, 5) is 12.8. The summed E-state index contributed by atoms with van der Waals surface area (Å²) in [7, 11) is 1.68. The number of hydrogen-bond donors (Lipinski definition) is 1. The lowest BCUT2D eigenvalue weighted by Gasteiger charge is -2.32. The number of rotatable bonds is 5. The van der Waals surface area contributed by atoms with Gasteiger partial charge in [-0.25, -0.2) is 0 Å². The first-order valence-corrected chi connectivity index (χ1v) is 6.35. The molecule has 0 unspecified atom stereocenters. The second-order valence-electron chi connectivity index (χ2n) is 4.56. The fourth-order valence-corrected chi connectivity index (χ4v) is 2.51. The van der Waals surface area contributed by atoms with Gasteiger partial charge in [-0.15, -0.1) is 0 Å². The Hall–Kier alpha value is -1.71. The summed E-state index contributed by atoms with van der Waals surface area (Å²) in [6.45, 7) is 1.76. The molecule has 0 spiro atoms. The molecule has 0 saturated carbocycles. The van der Waals surface area contributed by atoms with Crippen LogP contribution in [0.2, 0.25) is 0 Å². The van der Waals surface area contributed by atoms with Crippen molar-refractivity contribution in [2.24, 2.45) is 0 Å². The molecule has 0 aliphatic carbocycles. The van der Waals surface area contributed by atoms with Crippen molar-refractivity contribution >= 4 is 11.7 Å². The maximum absolute atomic E-state index is 10.6. The van der Waals surface area contributed by atoms with Gasteiger partial charge in [0.1, 0.15) is 5.75 Å². The van der Waals surface area contributed by atoms with Crippen LogP contribution in [0.25, 0.3) is 0 Å². The Morgan fingerprint density at radius 3 is 3.06 bits per heavy atom. The number of carboxylic acids is 1. The molecule has 1 heterocycles. The van der Waals surface area contributed by atoms with Crippen molar-refractivity contribution in [2.45, 2.75) is 25.7 Å². The zero-order valence-electron chi connectivity index (χ0n) is 10.7. The van der Waals surface area contributed by atoms with Gasteiger partial charge in [-0.2, -0.15) is 0 Å². The molecule has 1 aromatic carbocycles. The van der Waals surface area contributed by atoms with Crippen LogP contribution in [0.1, 0.15) is 24.8 Å². The van der Waals surface area contributed by atoms with Gasteiger partial charge in [-0.3, -0.25) is 4.79 Å². The fourth-order valence-electron chi connectivity index (χ4n) is 2.51. The summed E-state index contributed by atoms with van der Waals surface area (Å²) in [5.41, 5.74) is 2.45. The second kappa shape index (κ2) is 5.76. The minimum absolute atomic E-state index is 0.223. The van der Waals surface area contributed by atoms with E-state index in [0.717, 1.165) is 37.4 Å². The molecule has 0 aromatic heterocycles. The number of para-hydroxylation sites is 1. The minimum atomic E-state index is -0.729. The third-order valence-corrected chi connectivity index (χ3v) is 3.31. The van der Waals surface area contributed by atoms with E-state index in [1.807, 2.05) is 12.1 Å². The number of fused-ring (bicyclic) bond motifs is 1. The van der Waals surface area contributed by atoms with Gasteiger partial charge in [0.25, 0.3) is 0 Å². The average molecular weight is 249 g/mol. The third kappa shape index (κ3) is 2.75. The molecule has 2 rings (SSSR count). The predicted octanol–water partition coefficient (Wildman–Crippen LogP) is 2.31. The zero-order chi connectivity index (χ0) is 13.0. The van der Waals surface area contributed by atoms with Gasteiger partial charge in [0.05, 0.1) is 12.8 Å². The van der Waals surface area contributed by atoms with Gasteiger partial charge in [0.15, 0.2) is 0 Å². The van der Waals surface area contributed by atoms with Gasteiger partial charge in [0, 0.05) is 19.5 Å². The summed E-state index contributed by atoms with van der Waals surface area (Å²) in [5.74, 6) is 0.162. The van der Waals surface area contributed by atoms with E-state index in [1.165, 1.54) is 5.56 Å². The first kappa shape index (κ1) is 12.7. The summed E-state index contributed by atoms with van der Waals surface area (Å²) in [6, 6.07) is 6.11. The van der Waals surface area contributed by atoms with E-state index in [4.69, 9.17) is 9.84 Å². The number of carbonyl (C=O) groups is 1. The van der Waals surface area contributed by atoms with E-state index in [1.54, 1.807) is 7.11 Å². The number of hydrogen-bond acceptors (Lipinski definition) is 3. The molecule has 0 atom stereocenters. The summed E-state index contributed by atoms with van der Waals surface area (Å²) in [5, 5.41) is 8.70. The maximum atomic E-state index is 10.6. The topological polar surface area (TPSA) is 49.8 Å². The van der Waals surface area contributed by atoms with Gasteiger partial charge in [-0.1, -0.05) is 12.1 Å². The van der Waals surface area contributed by atoms with Crippen molar-refractivity contribution in [3.05, 3.63) is 23.8 Å². The van der Waals surface area contributed by atoms with Crippen molar-refractivity contribution in [1.29, 1.82) is 0 Å². The van der Waals surface area contributed by atoms with E-state index >= 15 is 0 Å². The first-order valence-electron chi connectivity index (χ1n) is 6.35. The van der Waals surface area contributed by atoms with E-state index < -0.39 is 5.97 Å². The lowest BCUT2D eigenvalue weighted by molar-refractivity contribution is -0.137. The molecule has 98 valence electrons. The number of aryl methyl sites for hydroxylation is 1. The fraction of sp³-hybridized carbons (Fsp3) is 0.500. The van der Waals surface area contributed by atoms with Crippen LogP contribution in [0.4, 0.5) is 5.69 Å². The van der Waals surface area contributed by atoms with Crippen molar-refractivity contribution < 1.29 is 14.6 Å². The largest absolute Gasteiger partial charge is 0.495 e. The van der Waals surface area contributed by atoms with Crippen molar-refractivity contribution in [3.63, 3.8) is 0 Å². The number of nitrogens with zero attached hydrogens (tertiary/aromatic N) is 1. The summed E-state index contributed by atoms with van der Waals surface area (Å²) in [6.07, 6.45) is 3.09. The molecule has 0 bridgehead atoms. The number of carboxylic acid groups (broad SMARTS) is 1. The molecule has 1 aromatic rings. The molecular formula is C14H19NO3. The normalized spacial score (nSPS) is 14.2. The Bertz CT molecular complexity index is 417. The first-order chi connectivity index (χ1) is 8.72. The number of methoxy groups -OCH3 is 1. The van der Waals surface area contributed by atoms with E-state index in [9.17, 15) is 4.79 Å². The number of benzene rings is 1. The summed E-state index contributed by atoms with van der Waals surface area (Å²) < 4.78 is 5.41. The van der Waals surface area contributed by atoms with Crippen molar-refractivity contribution in [1.82, 2.24) is 0 Å². The molecule has 0 radical (unpaired) electrons. The summed E-state index contributed by atoms with van der Waals surface area (Å²) >= 11 is 0. The molecule has 1 aliphatic rings. The van der Waals surface area contributed by atoms with Gasteiger partial charge in [-0.05, 0) is 30.9 Å².